The van der Waals surface area contributed by atoms with Gasteiger partial charge < -0.3 is 4.74 Å². The van der Waals surface area contributed by atoms with Gasteiger partial charge in [-0.05, 0) is 55.4 Å². The van der Waals surface area contributed by atoms with Crippen molar-refractivity contribution < 1.29 is 4.74 Å². The van der Waals surface area contributed by atoms with E-state index in [-0.39, 0.29) is 0 Å². The second kappa shape index (κ2) is 7.84. The summed E-state index contributed by atoms with van der Waals surface area (Å²) in [5.74, 6) is 1.65. The summed E-state index contributed by atoms with van der Waals surface area (Å²) >= 11 is 4.58. The molecule has 0 aliphatic carbocycles. The van der Waals surface area contributed by atoms with E-state index in [4.69, 9.17) is 4.74 Å². The second-order valence-electron chi connectivity index (χ2n) is 5.80. The number of aryl methyl sites for hydroxylation is 1. The van der Waals surface area contributed by atoms with Gasteiger partial charge in [0, 0.05) is 4.90 Å². The van der Waals surface area contributed by atoms with Gasteiger partial charge in [-0.2, -0.15) is 0 Å². The Kier molecular flexibility index (Phi) is 6.78. The summed E-state index contributed by atoms with van der Waals surface area (Å²) in [6.45, 7) is 11.9. The Morgan fingerprint density at radius 1 is 1.21 bits per heavy atom. The SMILES string of the molecule is CCCCCOc1c(S)cc(C)c(CC(C)C)c1C. The molecule has 0 atom stereocenters. The van der Waals surface area contributed by atoms with E-state index in [2.05, 4.69) is 53.3 Å². The number of ether oxygens (including phenoxy) is 1. The molecule has 0 aliphatic heterocycles. The van der Waals surface area contributed by atoms with Gasteiger partial charge in [-0.25, -0.2) is 0 Å². The van der Waals surface area contributed by atoms with Crippen molar-refractivity contribution in [3.63, 3.8) is 0 Å². The van der Waals surface area contributed by atoms with Crippen molar-refractivity contribution in [1.82, 2.24) is 0 Å². The van der Waals surface area contributed by atoms with Crippen LogP contribution in [0.2, 0.25) is 0 Å². The Morgan fingerprint density at radius 3 is 2.47 bits per heavy atom. The number of rotatable bonds is 7. The molecule has 0 saturated heterocycles. The molecular weight excluding hydrogens is 252 g/mol. The fraction of sp³-hybridized carbons (Fsp3) is 0.647. The number of unbranched alkanes of at least 4 members (excludes halogenated alkanes) is 2. The van der Waals surface area contributed by atoms with Crippen molar-refractivity contribution in [3.8, 4) is 5.75 Å². The molecule has 1 aromatic carbocycles. The highest BCUT2D eigenvalue weighted by Gasteiger charge is 2.13. The van der Waals surface area contributed by atoms with E-state index in [0.717, 1.165) is 30.1 Å². The molecule has 2 heteroatoms. The zero-order valence-corrected chi connectivity index (χ0v) is 13.9. The van der Waals surface area contributed by atoms with Crippen molar-refractivity contribution in [2.45, 2.75) is 65.2 Å². The van der Waals surface area contributed by atoms with Gasteiger partial charge in [-0.15, -0.1) is 12.6 Å². The Morgan fingerprint density at radius 2 is 1.89 bits per heavy atom. The van der Waals surface area contributed by atoms with Crippen LogP contribution in [0, 0.1) is 19.8 Å². The molecule has 0 saturated carbocycles. The first kappa shape index (κ1) is 16.4. The lowest BCUT2D eigenvalue weighted by Crippen LogP contribution is -2.05. The lowest BCUT2D eigenvalue weighted by molar-refractivity contribution is 0.297. The normalized spacial score (nSPS) is 11.1. The number of benzene rings is 1. The highest BCUT2D eigenvalue weighted by atomic mass is 32.1. The minimum Gasteiger partial charge on any atom is -0.492 e. The highest BCUT2D eigenvalue weighted by Crippen LogP contribution is 2.33. The summed E-state index contributed by atoms with van der Waals surface area (Å²) in [6.07, 6.45) is 4.68. The standard InChI is InChI=1S/C17H28OS/c1-6-7-8-9-18-17-14(5)15(10-12(2)3)13(4)11-16(17)19/h11-12,19H,6-10H2,1-5H3. The molecular formula is C17H28OS. The highest BCUT2D eigenvalue weighted by molar-refractivity contribution is 7.80. The summed E-state index contributed by atoms with van der Waals surface area (Å²) in [4.78, 5) is 0.971. The van der Waals surface area contributed by atoms with Crippen LogP contribution in [0.4, 0.5) is 0 Å². The number of hydrogen-bond acceptors (Lipinski definition) is 2. The van der Waals surface area contributed by atoms with Crippen molar-refractivity contribution in [3.05, 3.63) is 22.8 Å². The first-order valence-electron chi connectivity index (χ1n) is 7.42. The van der Waals surface area contributed by atoms with Crippen molar-refractivity contribution in [1.29, 1.82) is 0 Å². The van der Waals surface area contributed by atoms with Gasteiger partial charge in [0.2, 0.25) is 0 Å². The summed E-state index contributed by atoms with van der Waals surface area (Å²) < 4.78 is 5.97. The fourth-order valence-electron chi connectivity index (χ4n) is 2.41. The number of thiol groups is 1. The molecule has 19 heavy (non-hydrogen) atoms. The minimum atomic E-state index is 0.663. The third-order valence-electron chi connectivity index (χ3n) is 3.46. The van der Waals surface area contributed by atoms with Crippen LogP contribution in [-0.2, 0) is 6.42 Å². The molecule has 0 radical (unpaired) electrons. The Labute approximate surface area is 124 Å². The topological polar surface area (TPSA) is 9.23 Å². The summed E-state index contributed by atoms with van der Waals surface area (Å²) in [5, 5.41) is 0. The van der Waals surface area contributed by atoms with Crippen LogP contribution in [-0.4, -0.2) is 6.61 Å². The molecule has 1 nitrogen and oxygen atoms in total. The molecule has 0 fully saturated rings. The van der Waals surface area contributed by atoms with E-state index in [0.29, 0.717) is 5.92 Å². The van der Waals surface area contributed by atoms with E-state index in [9.17, 15) is 0 Å². The summed E-state index contributed by atoms with van der Waals surface area (Å²) in [5.41, 5.74) is 4.03. The predicted octanol–water partition coefficient (Wildman–Crippen LogP) is 5.36. The molecule has 0 bridgehead atoms. The maximum Gasteiger partial charge on any atom is 0.135 e. The number of hydrogen-bond donors (Lipinski definition) is 1. The van der Waals surface area contributed by atoms with Gasteiger partial charge in [0.05, 0.1) is 6.61 Å². The first-order chi connectivity index (χ1) is 8.97. The van der Waals surface area contributed by atoms with Gasteiger partial charge in [0.1, 0.15) is 5.75 Å². The van der Waals surface area contributed by atoms with Crippen LogP contribution in [0.1, 0.15) is 56.7 Å². The smallest absolute Gasteiger partial charge is 0.135 e. The molecule has 108 valence electrons. The van der Waals surface area contributed by atoms with Crippen LogP contribution in [0.5, 0.6) is 5.75 Å². The third kappa shape index (κ3) is 4.76. The molecule has 0 aromatic heterocycles. The minimum absolute atomic E-state index is 0.663. The Bertz CT molecular complexity index is 410. The maximum atomic E-state index is 5.97. The zero-order valence-electron chi connectivity index (χ0n) is 13.0. The van der Waals surface area contributed by atoms with Crippen LogP contribution >= 0.6 is 12.6 Å². The Hall–Kier alpha value is -0.630. The fourth-order valence-corrected chi connectivity index (χ4v) is 2.84. The van der Waals surface area contributed by atoms with Gasteiger partial charge >= 0.3 is 0 Å². The molecule has 0 spiro atoms. The van der Waals surface area contributed by atoms with E-state index >= 15 is 0 Å². The van der Waals surface area contributed by atoms with Gasteiger partial charge in [0.25, 0.3) is 0 Å². The van der Waals surface area contributed by atoms with E-state index in [1.165, 1.54) is 29.5 Å². The Balaban J connectivity index is 2.90. The molecule has 0 N–H and O–H groups in total. The van der Waals surface area contributed by atoms with Crippen LogP contribution in [0.15, 0.2) is 11.0 Å². The summed E-state index contributed by atoms with van der Waals surface area (Å²) in [7, 11) is 0. The lowest BCUT2D eigenvalue weighted by Gasteiger charge is -2.18. The van der Waals surface area contributed by atoms with Gasteiger partial charge in [0.15, 0.2) is 0 Å². The molecule has 1 rings (SSSR count). The molecule has 0 heterocycles. The van der Waals surface area contributed by atoms with Crippen molar-refractivity contribution >= 4 is 12.6 Å². The van der Waals surface area contributed by atoms with Gasteiger partial charge in [-0.3, -0.25) is 0 Å². The average molecular weight is 280 g/mol. The maximum absolute atomic E-state index is 5.97. The summed E-state index contributed by atoms with van der Waals surface area (Å²) in [6, 6.07) is 2.14. The van der Waals surface area contributed by atoms with Gasteiger partial charge in [-0.1, -0.05) is 33.6 Å². The first-order valence-corrected chi connectivity index (χ1v) is 7.86. The molecule has 0 unspecified atom stereocenters. The largest absolute Gasteiger partial charge is 0.492 e. The monoisotopic (exact) mass is 280 g/mol. The van der Waals surface area contributed by atoms with Crippen LogP contribution in [0.3, 0.4) is 0 Å². The third-order valence-corrected chi connectivity index (χ3v) is 3.79. The van der Waals surface area contributed by atoms with E-state index in [1.54, 1.807) is 0 Å². The van der Waals surface area contributed by atoms with Crippen molar-refractivity contribution in [2.24, 2.45) is 5.92 Å². The van der Waals surface area contributed by atoms with Crippen molar-refractivity contribution in [2.75, 3.05) is 6.61 Å². The van der Waals surface area contributed by atoms with E-state index in [1.807, 2.05) is 0 Å². The zero-order chi connectivity index (χ0) is 14.4. The predicted molar refractivity (Wildman–Crippen MR) is 86.7 cm³/mol. The molecule has 1 aromatic rings. The second-order valence-corrected chi connectivity index (χ2v) is 6.28. The van der Waals surface area contributed by atoms with E-state index < -0.39 is 0 Å². The van der Waals surface area contributed by atoms with Crippen LogP contribution in [0.25, 0.3) is 0 Å². The van der Waals surface area contributed by atoms with Crippen LogP contribution < -0.4 is 4.74 Å². The quantitative estimate of drug-likeness (QED) is 0.522. The lowest BCUT2D eigenvalue weighted by atomic mass is 9.94. The average Bonchev–Trinajstić information content (AvgIpc) is 2.33. The molecule has 0 aliphatic rings. The molecule has 0 amide bonds.